The van der Waals surface area contributed by atoms with E-state index >= 15 is 0 Å². The van der Waals surface area contributed by atoms with Gasteiger partial charge in [-0.05, 0) is 66.4 Å². The van der Waals surface area contributed by atoms with E-state index < -0.39 is 0 Å². The Morgan fingerprint density at radius 2 is 1.71 bits per heavy atom. The van der Waals surface area contributed by atoms with E-state index in [9.17, 15) is 4.79 Å². The van der Waals surface area contributed by atoms with Gasteiger partial charge in [0, 0.05) is 24.3 Å². The van der Waals surface area contributed by atoms with Crippen LogP contribution in [-0.4, -0.2) is 24.1 Å². The summed E-state index contributed by atoms with van der Waals surface area (Å²) in [6, 6.07) is 13.3. The van der Waals surface area contributed by atoms with Crippen molar-refractivity contribution in [2.24, 2.45) is 0 Å². The fourth-order valence-electron chi connectivity index (χ4n) is 3.26. The van der Waals surface area contributed by atoms with Gasteiger partial charge < -0.3 is 10.2 Å². The highest BCUT2D eigenvalue weighted by atomic mass is 35.5. The van der Waals surface area contributed by atoms with E-state index in [1.54, 1.807) is 0 Å². The van der Waals surface area contributed by atoms with Crippen LogP contribution >= 0.6 is 23.8 Å². The van der Waals surface area contributed by atoms with Gasteiger partial charge in [0.05, 0.1) is 10.7 Å². The summed E-state index contributed by atoms with van der Waals surface area (Å²) in [6.07, 6.45) is 2.40. The van der Waals surface area contributed by atoms with Gasteiger partial charge in [0.2, 0.25) is 0 Å². The number of carbonyl (C=O) groups is 1. The van der Waals surface area contributed by atoms with Crippen molar-refractivity contribution in [3.63, 3.8) is 0 Å². The molecule has 0 saturated carbocycles. The van der Waals surface area contributed by atoms with Crippen LogP contribution in [0.3, 0.4) is 0 Å². The largest absolute Gasteiger partial charge is 0.370 e. The van der Waals surface area contributed by atoms with Gasteiger partial charge in [-0.3, -0.25) is 10.1 Å². The van der Waals surface area contributed by atoms with Gasteiger partial charge in [-0.15, -0.1) is 0 Å². The third-order valence-electron chi connectivity index (χ3n) is 4.89. The highest BCUT2D eigenvalue weighted by Gasteiger charge is 2.17. The molecule has 1 aliphatic rings. The number of benzene rings is 2. The Bertz CT molecular complexity index is 868. The molecule has 1 amide bonds. The minimum atomic E-state index is -0.238. The third-order valence-corrected chi connectivity index (χ3v) is 5.40. The molecule has 2 N–H and O–H groups in total. The fourth-order valence-corrected chi connectivity index (χ4v) is 3.77. The summed E-state index contributed by atoms with van der Waals surface area (Å²) in [5, 5.41) is 6.68. The molecule has 2 aromatic rings. The summed E-state index contributed by atoms with van der Waals surface area (Å²) >= 11 is 11.7. The summed E-state index contributed by atoms with van der Waals surface area (Å²) in [5.41, 5.74) is 3.59. The first-order valence-electron chi connectivity index (χ1n) is 9.51. The quantitative estimate of drug-likeness (QED) is 0.662. The van der Waals surface area contributed by atoms with Crippen molar-refractivity contribution in [1.29, 1.82) is 0 Å². The van der Waals surface area contributed by atoms with Crippen LogP contribution in [0.1, 0.15) is 49.5 Å². The lowest BCUT2D eigenvalue weighted by atomic mass is 9.87. The van der Waals surface area contributed by atoms with Crippen LogP contribution in [0, 0.1) is 0 Å². The molecule has 4 nitrogen and oxygen atoms in total. The fraction of sp³-hybridized carbons (Fsp3) is 0.364. The summed E-state index contributed by atoms with van der Waals surface area (Å²) in [5.74, 6) is -0.238. The molecule has 6 heteroatoms. The molecule has 1 aliphatic heterocycles. The number of nitrogens with zero attached hydrogens (tertiary/aromatic N) is 1. The van der Waals surface area contributed by atoms with E-state index in [-0.39, 0.29) is 16.4 Å². The Hall–Kier alpha value is -2.11. The second-order valence-electron chi connectivity index (χ2n) is 8.10. The lowest BCUT2D eigenvalue weighted by Crippen LogP contribution is -2.34. The predicted molar refractivity (Wildman–Crippen MR) is 122 cm³/mol. The second kappa shape index (κ2) is 8.50. The third kappa shape index (κ3) is 5.03. The molecule has 148 valence electrons. The number of amides is 1. The second-order valence-corrected chi connectivity index (χ2v) is 8.91. The van der Waals surface area contributed by atoms with Crippen LogP contribution in [-0.2, 0) is 5.41 Å². The molecule has 1 saturated heterocycles. The van der Waals surface area contributed by atoms with E-state index in [2.05, 4.69) is 36.3 Å². The standard InChI is InChI=1S/C22H26ClN3OS/c1-22(2,3)16-8-6-15(7-9-16)20(27)25-21(28)24-17-10-11-19(18(23)14-17)26-12-4-5-13-26/h6-11,14H,4-5,12-13H2,1-3H3,(H2,24,25,27,28). The van der Waals surface area contributed by atoms with Crippen molar-refractivity contribution in [3.8, 4) is 0 Å². The van der Waals surface area contributed by atoms with Gasteiger partial charge in [-0.2, -0.15) is 0 Å². The van der Waals surface area contributed by atoms with Gasteiger partial charge >= 0.3 is 0 Å². The number of hydrogen-bond acceptors (Lipinski definition) is 3. The smallest absolute Gasteiger partial charge is 0.257 e. The van der Waals surface area contributed by atoms with E-state index in [0.29, 0.717) is 10.6 Å². The van der Waals surface area contributed by atoms with E-state index in [1.807, 2.05) is 42.5 Å². The molecule has 0 aliphatic carbocycles. The van der Waals surface area contributed by atoms with Gasteiger partial charge in [-0.25, -0.2) is 0 Å². The molecule has 0 aromatic heterocycles. The molecule has 2 aromatic carbocycles. The Balaban J connectivity index is 1.60. The van der Waals surface area contributed by atoms with E-state index in [0.717, 1.165) is 24.5 Å². The molecule has 0 radical (unpaired) electrons. The molecule has 0 spiro atoms. The topological polar surface area (TPSA) is 44.4 Å². The van der Waals surface area contributed by atoms with Crippen molar-refractivity contribution >= 4 is 46.2 Å². The first-order chi connectivity index (χ1) is 13.2. The van der Waals surface area contributed by atoms with Crippen molar-refractivity contribution in [1.82, 2.24) is 5.32 Å². The molecule has 1 fully saturated rings. The summed E-state index contributed by atoms with van der Waals surface area (Å²) in [6.45, 7) is 8.49. The van der Waals surface area contributed by atoms with E-state index in [1.165, 1.54) is 18.4 Å². The minimum Gasteiger partial charge on any atom is -0.370 e. The number of hydrogen-bond donors (Lipinski definition) is 2. The van der Waals surface area contributed by atoms with Gasteiger partial charge in [0.25, 0.3) is 5.91 Å². The number of carbonyl (C=O) groups excluding carboxylic acids is 1. The number of rotatable bonds is 3. The summed E-state index contributed by atoms with van der Waals surface area (Å²) in [7, 11) is 0. The zero-order valence-electron chi connectivity index (χ0n) is 16.5. The van der Waals surface area contributed by atoms with Crippen LogP contribution in [0.25, 0.3) is 0 Å². The molecule has 1 heterocycles. The maximum Gasteiger partial charge on any atom is 0.257 e. The highest BCUT2D eigenvalue weighted by Crippen LogP contribution is 2.31. The van der Waals surface area contributed by atoms with Crippen molar-refractivity contribution < 1.29 is 4.79 Å². The van der Waals surface area contributed by atoms with Crippen LogP contribution in [0.5, 0.6) is 0 Å². The van der Waals surface area contributed by atoms with Gasteiger partial charge in [0.1, 0.15) is 0 Å². The molecule has 0 atom stereocenters. The molecular formula is C22H26ClN3OS. The predicted octanol–water partition coefficient (Wildman–Crippen LogP) is 5.36. The van der Waals surface area contributed by atoms with Crippen LogP contribution in [0.2, 0.25) is 5.02 Å². The van der Waals surface area contributed by atoms with Gasteiger partial charge in [0.15, 0.2) is 5.11 Å². The lowest BCUT2D eigenvalue weighted by Gasteiger charge is -2.20. The first-order valence-corrected chi connectivity index (χ1v) is 10.3. The molecule has 28 heavy (non-hydrogen) atoms. The monoisotopic (exact) mass is 415 g/mol. The Kier molecular flexibility index (Phi) is 6.26. The van der Waals surface area contributed by atoms with Gasteiger partial charge in [-0.1, -0.05) is 44.5 Å². The molecular weight excluding hydrogens is 390 g/mol. The average Bonchev–Trinajstić information content (AvgIpc) is 3.15. The molecule has 3 rings (SSSR count). The summed E-state index contributed by atoms with van der Waals surface area (Å²) in [4.78, 5) is 14.7. The number of halogens is 1. The molecule has 0 bridgehead atoms. The SMILES string of the molecule is CC(C)(C)c1ccc(C(=O)NC(=S)Nc2ccc(N3CCCC3)c(Cl)c2)cc1. The zero-order chi connectivity index (χ0) is 20.3. The van der Waals surface area contributed by atoms with E-state index in [4.69, 9.17) is 23.8 Å². The van der Waals surface area contributed by atoms with Crippen molar-refractivity contribution in [3.05, 3.63) is 58.6 Å². The number of thiocarbonyl (C=S) groups is 1. The van der Waals surface area contributed by atoms with Crippen LogP contribution < -0.4 is 15.5 Å². The number of nitrogens with one attached hydrogen (secondary N) is 2. The highest BCUT2D eigenvalue weighted by molar-refractivity contribution is 7.80. The number of anilines is 2. The maximum absolute atomic E-state index is 12.4. The lowest BCUT2D eigenvalue weighted by molar-refractivity contribution is 0.0977. The maximum atomic E-state index is 12.4. The van der Waals surface area contributed by atoms with Crippen molar-refractivity contribution in [2.45, 2.75) is 39.0 Å². The Morgan fingerprint density at radius 3 is 2.29 bits per heavy atom. The Labute approximate surface area is 177 Å². The normalized spacial score (nSPS) is 14.1. The minimum absolute atomic E-state index is 0.0480. The Morgan fingerprint density at radius 1 is 1.07 bits per heavy atom. The average molecular weight is 416 g/mol. The zero-order valence-corrected chi connectivity index (χ0v) is 18.1. The van der Waals surface area contributed by atoms with Crippen molar-refractivity contribution in [2.75, 3.05) is 23.3 Å². The first kappa shape index (κ1) is 20.6. The molecule has 0 unspecified atom stereocenters. The van der Waals surface area contributed by atoms with Crippen LogP contribution in [0.4, 0.5) is 11.4 Å². The van der Waals surface area contributed by atoms with Crippen LogP contribution in [0.15, 0.2) is 42.5 Å². The summed E-state index contributed by atoms with van der Waals surface area (Å²) < 4.78 is 0.